The molecule has 0 fully saturated rings. The van der Waals surface area contributed by atoms with Crippen LogP contribution in [0.1, 0.15) is 30.5 Å². The fourth-order valence-electron chi connectivity index (χ4n) is 4.79. The first-order valence-electron chi connectivity index (χ1n) is 14.8. The lowest BCUT2D eigenvalue weighted by atomic mass is 10.0. The molecule has 1 unspecified atom stereocenters. The third-order valence-corrected chi connectivity index (χ3v) is 9.86. The highest BCUT2D eigenvalue weighted by Gasteiger charge is 2.35. The van der Waals surface area contributed by atoms with Gasteiger partial charge in [-0.3, -0.25) is 13.9 Å². The van der Waals surface area contributed by atoms with Crippen molar-refractivity contribution < 1.29 is 22.4 Å². The average molecular weight is 685 g/mol. The van der Waals surface area contributed by atoms with E-state index in [2.05, 4.69) is 5.32 Å². The molecule has 0 aliphatic rings. The Morgan fingerprint density at radius 3 is 2.15 bits per heavy atom. The van der Waals surface area contributed by atoms with Crippen molar-refractivity contribution in [3.63, 3.8) is 0 Å². The molecule has 0 aliphatic heterocycles. The van der Waals surface area contributed by atoms with Crippen molar-refractivity contribution in [2.75, 3.05) is 17.4 Å². The summed E-state index contributed by atoms with van der Waals surface area (Å²) in [6, 6.07) is 24.5. The summed E-state index contributed by atoms with van der Waals surface area (Å²) in [6.07, 6.45) is 0.114. The Labute approximate surface area is 280 Å². The van der Waals surface area contributed by atoms with Gasteiger partial charge in [0.05, 0.1) is 20.6 Å². The van der Waals surface area contributed by atoms with E-state index < -0.39 is 40.2 Å². The van der Waals surface area contributed by atoms with E-state index in [0.29, 0.717) is 6.54 Å². The summed E-state index contributed by atoms with van der Waals surface area (Å²) >= 11 is 12.4. The first-order valence-corrected chi connectivity index (χ1v) is 17.0. The fraction of sp³-hybridized carbons (Fsp3) is 0.257. The lowest BCUT2D eigenvalue weighted by Gasteiger charge is -2.34. The number of nitrogens with zero attached hydrogens (tertiary/aromatic N) is 2. The van der Waals surface area contributed by atoms with Crippen LogP contribution in [0.5, 0.6) is 0 Å². The lowest BCUT2D eigenvalue weighted by Crippen LogP contribution is -2.53. The Morgan fingerprint density at radius 2 is 1.52 bits per heavy atom. The van der Waals surface area contributed by atoms with Crippen LogP contribution in [0, 0.1) is 18.7 Å². The second-order valence-corrected chi connectivity index (χ2v) is 14.1. The monoisotopic (exact) mass is 683 g/mol. The van der Waals surface area contributed by atoms with Crippen molar-refractivity contribution in [3.8, 4) is 0 Å². The van der Waals surface area contributed by atoms with Crippen LogP contribution in [-0.4, -0.2) is 44.3 Å². The van der Waals surface area contributed by atoms with E-state index in [1.54, 1.807) is 18.2 Å². The van der Waals surface area contributed by atoms with Gasteiger partial charge >= 0.3 is 0 Å². The number of amides is 2. The maximum absolute atomic E-state index is 15.0. The molecule has 4 aromatic carbocycles. The number of sulfonamides is 1. The minimum absolute atomic E-state index is 0.0480. The van der Waals surface area contributed by atoms with Gasteiger partial charge in [-0.15, -0.1) is 0 Å². The van der Waals surface area contributed by atoms with Crippen LogP contribution in [0.4, 0.5) is 10.1 Å². The molecule has 0 spiro atoms. The summed E-state index contributed by atoms with van der Waals surface area (Å²) in [5.74, 6) is -1.59. The Balaban J connectivity index is 1.82. The molecule has 2 amide bonds. The minimum atomic E-state index is -4.33. The highest BCUT2D eigenvalue weighted by Crippen LogP contribution is 2.31. The van der Waals surface area contributed by atoms with Crippen molar-refractivity contribution in [2.45, 2.75) is 44.7 Å². The van der Waals surface area contributed by atoms with Gasteiger partial charge in [-0.25, -0.2) is 12.8 Å². The van der Waals surface area contributed by atoms with E-state index in [9.17, 15) is 18.0 Å². The number of hydrogen-bond acceptors (Lipinski definition) is 4. The molecule has 46 heavy (non-hydrogen) atoms. The summed E-state index contributed by atoms with van der Waals surface area (Å²) < 4.78 is 44.2. The summed E-state index contributed by atoms with van der Waals surface area (Å²) in [5.41, 5.74) is 1.89. The SMILES string of the molecule is Cc1ccc(S(=O)(=O)N(CC(=O)N(Cc2ccccc2F)C(Cc2ccccc2)C(=O)NCC(C)C)c2ccc(Cl)c(Cl)c2)cc1. The molecule has 0 saturated carbocycles. The Bertz CT molecular complexity index is 1770. The summed E-state index contributed by atoms with van der Waals surface area (Å²) in [6.45, 7) is 5.08. The first-order chi connectivity index (χ1) is 21.9. The molecule has 0 bridgehead atoms. The average Bonchev–Trinajstić information content (AvgIpc) is 3.03. The molecule has 4 aromatic rings. The van der Waals surface area contributed by atoms with E-state index in [1.807, 2.05) is 51.1 Å². The quantitative estimate of drug-likeness (QED) is 0.164. The van der Waals surface area contributed by atoms with Crippen molar-refractivity contribution in [2.24, 2.45) is 5.92 Å². The number of hydrogen-bond donors (Lipinski definition) is 1. The van der Waals surface area contributed by atoms with Gasteiger partial charge in [-0.1, -0.05) is 103 Å². The molecular formula is C35H36Cl2FN3O4S. The molecule has 0 radical (unpaired) electrons. The van der Waals surface area contributed by atoms with E-state index >= 15 is 4.39 Å². The summed E-state index contributed by atoms with van der Waals surface area (Å²) in [4.78, 5) is 29.5. The van der Waals surface area contributed by atoms with Crippen LogP contribution in [0.3, 0.4) is 0 Å². The zero-order valence-corrected chi connectivity index (χ0v) is 28.1. The molecule has 0 aliphatic carbocycles. The van der Waals surface area contributed by atoms with Gasteiger partial charge in [0, 0.05) is 25.1 Å². The highest BCUT2D eigenvalue weighted by atomic mass is 35.5. The zero-order chi connectivity index (χ0) is 33.4. The van der Waals surface area contributed by atoms with Crippen molar-refractivity contribution >= 4 is 50.7 Å². The van der Waals surface area contributed by atoms with Crippen LogP contribution in [0.15, 0.2) is 102 Å². The molecule has 7 nitrogen and oxygen atoms in total. The minimum Gasteiger partial charge on any atom is -0.354 e. The topological polar surface area (TPSA) is 86.8 Å². The second-order valence-electron chi connectivity index (χ2n) is 11.4. The molecule has 0 aromatic heterocycles. The van der Waals surface area contributed by atoms with Crippen LogP contribution < -0.4 is 9.62 Å². The van der Waals surface area contributed by atoms with Crippen molar-refractivity contribution in [3.05, 3.63) is 130 Å². The van der Waals surface area contributed by atoms with Crippen LogP contribution in [0.25, 0.3) is 0 Å². The predicted octanol–water partition coefficient (Wildman–Crippen LogP) is 7.05. The van der Waals surface area contributed by atoms with Gasteiger partial charge in [0.15, 0.2) is 0 Å². The van der Waals surface area contributed by atoms with Gasteiger partial charge < -0.3 is 10.2 Å². The van der Waals surface area contributed by atoms with Crippen molar-refractivity contribution in [1.29, 1.82) is 0 Å². The number of rotatable bonds is 13. The number of benzene rings is 4. The van der Waals surface area contributed by atoms with Crippen LogP contribution >= 0.6 is 23.2 Å². The Kier molecular flexibility index (Phi) is 11.8. The maximum atomic E-state index is 15.0. The number of carbonyl (C=O) groups excluding carboxylic acids is 2. The summed E-state index contributed by atoms with van der Waals surface area (Å²) in [7, 11) is -4.33. The number of carbonyl (C=O) groups is 2. The molecule has 0 saturated heterocycles. The second kappa shape index (κ2) is 15.6. The lowest BCUT2D eigenvalue weighted by molar-refractivity contribution is -0.140. The first kappa shape index (κ1) is 34.9. The third kappa shape index (κ3) is 8.87. The van der Waals surface area contributed by atoms with Gasteiger partial charge in [0.25, 0.3) is 10.0 Å². The number of aryl methyl sites for hydroxylation is 1. The molecule has 1 atom stereocenters. The van der Waals surface area contributed by atoms with Gasteiger partial charge in [0.1, 0.15) is 18.4 Å². The van der Waals surface area contributed by atoms with E-state index in [-0.39, 0.29) is 45.1 Å². The summed E-state index contributed by atoms with van der Waals surface area (Å²) in [5, 5.41) is 3.20. The van der Waals surface area contributed by atoms with Gasteiger partial charge in [-0.2, -0.15) is 0 Å². The largest absolute Gasteiger partial charge is 0.354 e. The number of anilines is 1. The normalized spacial score (nSPS) is 12.1. The maximum Gasteiger partial charge on any atom is 0.264 e. The standard InChI is InChI=1S/C35H36Cl2FN3O4S/c1-24(2)21-39-35(43)33(19-26-9-5-4-6-10-26)40(22-27-11-7-8-12-32(27)38)34(42)23-41(28-15-18-30(36)31(37)20-28)46(44,45)29-16-13-25(3)14-17-29/h4-18,20,24,33H,19,21-23H2,1-3H3,(H,39,43). The van der Waals surface area contributed by atoms with Crippen LogP contribution in [-0.2, 0) is 32.6 Å². The third-order valence-electron chi connectivity index (χ3n) is 7.33. The Hall–Kier alpha value is -3.92. The molecule has 1 N–H and O–H groups in total. The van der Waals surface area contributed by atoms with Crippen LogP contribution in [0.2, 0.25) is 10.0 Å². The number of nitrogens with one attached hydrogen (secondary N) is 1. The highest BCUT2D eigenvalue weighted by molar-refractivity contribution is 7.92. The number of halogens is 3. The van der Waals surface area contributed by atoms with Crippen molar-refractivity contribution in [1.82, 2.24) is 10.2 Å². The van der Waals surface area contributed by atoms with Gasteiger partial charge in [-0.05, 0) is 54.8 Å². The smallest absolute Gasteiger partial charge is 0.264 e. The van der Waals surface area contributed by atoms with E-state index in [0.717, 1.165) is 15.4 Å². The fourth-order valence-corrected chi connectivity index (χ4v) is 6.49. The molecule has 11 heteroatoms. The molecular weight excluding hydrogens is 648 g/mol. The molecule has 4 rings (SSSR count). The van der Waals surface area contributed by atoms with E-state index in [4.69, 9.17) is 23.2 Å². The molecule has 242 valence electrons. The predicted molar refractivity (Wildman–Crippen MR) is 181 cm³/mol. The van der Waals surface area contributed by atoms with E-state index in [1.165, 1.54) is 53.4 Å². The zero-order valence-electron chi connectivity index (χ0n) is 25.8. The molecule has 0 heterocycles. The van der Waals surface area contributed by atoms with Gasteiger partial charge in [0.2, 0.25) is 11.8 Å². The Morgan fingerprint density at radius 1 is 0.870 bits per heavy atom.